The van der Waals surface area contributed by atoms with E-state index in [-0.39, 0.29) is 0 Å². The van der Waals surface area contributed by atoms with Gasteiger partial charge in [0.2, 0.25) is 0 Å². The van der Waals surface area contributed by atoms with E-state index < -0.39 is 0 Å². The highest BCUT2D eigenvalue weighted by Gasteiger charge is 2.35. The lowest BCUT2D eigenvalue weighted by Gasteiger charge is -2.43. The summed E-state index contributed by atoms with van der Waals surface area (Å²) in [7, 11) is 0. The molecule has 1 N–H and O–H groups in total. The highest BCUT2D eigenvalue weighted by Crippen LogP contribution is 2.32. The van der Waals surface area contributed by atoms with Gasteiger partial charge in [0.25, 0.3) is 0 Å². The SMILES string of the molecule is CCCNCC1(CN2CCCC(OCC)C2)CCOCC1. The van der Waals surface area contributed by atoms with Crippen molar-refractivity contribution in [3.05, 3.63) is 0 Å². The van der Waals surface area contributed by atoms with Gasteiger partial charge < -0.3 is 19.7 Å². The van der Waals surface area contributed by atoms with E-state index in [9.17, 15) is 0 Å². The van der Waals surface area contributed by atoms with Gasteiger partial charge in [-0.2, -0.15) is 0 Å². The van der Waals surface area contributed by atoms with Crippen LogP contribution in [0.2, 0.25) is 0 Å². The van der Waals surface area contributed by atoms with Crippen LogP contribution < -0.4 is 5.32 Å². The fourth-order valence-electron chi connectivity index (χ4n) is 3.73. The van der Waals surface area contributed by atoms with Crippen molar-refractivity contribution in [3.8, 4) is 0 Å². The molecule has 21 heavy (non-hydrogen) atoms. The quantitative estimate of drug-likeness (QED) is 0.697. The fourth-order valence-corrected chi connectivity index (χ4v) is 3.73. The molecule has 4 nitrogen and oxygen atoms in total. The molecule has 4 heteroatoms. The average Bonchev–Trinajstić information content (AvgIpc) is 2.49. The Kier molecular flexibility index (Phi) is 7.44. The van der Waals surface area contributed by atoms with Crippen LogP contribution in [-0.4, -0.2) is 63.5 Å². The molecule has 0 amide bonds. The summed E-state index contributed by atoms with van der Waals surface area (Å²) in [5, 5.41) is 3.66. The molecule has 0 aromatic carbocycles. The highest BCUT2D eigenvalue weighted by molar-refractivity contribution is 4.89. The molecule has 0 aliphatic carbocycles. The van der Waals surface area contributed by atoms with E-state index in [1.165, 1.54) is 45.2 Å². The summed E-state index contributed by atoms with van der Waals surface area (Å²) in [5.74, 6) is 0. The Labute approximate surface area is 130 Å². The minimum Gasteiger partial charge on any atom is -0.381 e. The summed E-state index contributed by atoms with van der Waals surface area (Å²) >= 11 is 0. The molecule has 0 radical (unpaired) electrons. The van der Waals surface area contributed by atoms with Crippen LogP contribution in [0.1, 0.15) is 46.0 Å². The second-order valence-corrected chi connectivity index (χ2v) is 6.74. The fraction of sp³-hybridized carbons (Fsp3) is 1.00. The number of ether oxygens (including phenoxy) is 2. The third-order valence-electron chi connectivity index (χ3n) is 4.90. The largest absolute Gasteiger partial charge is 0.381 e. The monoisotopic (exact) mass is 298 g/mol. The van der Waals surface area contributed by atoms with Crippen LogP contribution in [0.15, 0.2) is 0 Å². The number of likely N-dealkylation sites (tertiary alicyclic amines) is 1. The first kappa shape index (κ1) is 17.2. The van der Waals surface area contributed by atoms with Crippen LogP contribution in [0.3, 0.4) is 0 Å². The predicted molar refractivity (Wildman–Crippen MR) is 86.7 cm³/mol. The number of hydrogen-bond acceptors (Lipinski definition) is 4. The molecule has 2 saturated heterocycles. The summed E-state index contributed by atoms with van der Waals surface area (Å²) < 4.78 is 11.5. The van der Waals surface area contributed by atoms with Crippen molar-refractivity contribution in [1.82, 2.24) is 10.2 Å². The number of nitrogens with one attached hydrogen (secondary N) is 1. The Bertz CT molecular complexity index is 278. The molecular formula is C17H34N2O2. The first-order valence-corrected chi connectivity index (χ1v) is 8.90. The Morgan fingerprint density at radius 2 is 2.10 bits per heavy atom. The number of piperidine rings is 1. The van der Waals surface area contributed by atoms with Crippen molar-refractivity contribution < 1.29 is 9.47 Å². The zero-order valence-corrected chi connectivity index (χ0v) is 14.0. The van der Waals surface area contributed by atoms with Crippen LogP contribution in [0, 0.1) is 5.41 Å². The highest BCUT2D eigenvalue weighted by atomic mass is 16.5. The second kappa shape index (κ2) is 9.09. The van der Waals surface area contributed by atoms with Crippen LogP contribution in [0.5, 0.6) is 0 Å². The van der Waals surface area contributed by atoms with E-state index in [0.717, 1.165) is 39.5 Å². The van der Waals surface area contributed by atoms with Gasteiger partial charge in [0.1, 0.15) is 0 Å². The zero-order chi connectivity index (χ0) is 15.0. The molecule has 2 rings (SSSR count). The van der Waals surface area contributed by atoms with Crippen molar-refractivity contribution in [3.63, 3.8) is 0 Å². The Hall–Kier alpha value is -0.160. The van der Waals surface area contributed by atoms with Gasteiger partial charge in [-0.3, -0.25) is 0 Å². The van der Waals surface area contributed by atoms with E-state index >= 15 is 0 Å². The molecule has 2 fully saturated rings. The summed E-state index contributed by atoms with van der Waals surface area (Å²) in [6.45, 7) is 12.9. The molecule has 0 aromatic rings. The number of rotatable bonds is 8. The van der Waals surface area contributed by atoms with E-state index in [4.69, 9.17) is 9.47 Å². The van der Waals surface area contributed by atoms with Crippen molar-refractivity contribution in [2.24, 2.45) is 5.41 Å². The Morgan fingerprint density at radius 1 is 1.29 bits per heavy atom. The molecule has 2 aliphatic heterocycles. The second-order valence-electron chi connectivity index (χ2n) is 6.74. The van der Waals surface area contributed by atoms with E-state index in [1.54, 1.807) is 0 Å². The molecule has 0 saturated carbocycles. The van der Waals surface area contributed by atoms with E-state index in [1.807, 2.05) is 0 Å². The van der Waals surface area contributed by atoms with Crippen LogP contribution in [0.25, 0.3) is 0 Å². The first-order valence-electron chi connectivity index (χ1n) is 8.90. The molecule has 0 spiro atoms. The van der Waals surface area contributed by atoms with Gasteiger partial charge in [0, 0.05) is 39.5 Å². The molecule has 124 valence electrons. The molecule has 0 aromatic heterocycles. The lowest BCUT2D eigenvalue weighted by Crippen LogP contribution is -2.50. The van der Waals surface area contributed by atoms with Gasteiger partial charge in [0.05, 0.1) is 6.10 Å². The minimum absolute atomic E-state index is 0.404. The summed E-state index contributed by atoms with van der Waals surface area (Å²) in [6, 6.07) is 0. The number of hydrogen-bond donors (Lipinski definition) is 1. The normalized spacial score (nSPS) is 26.9. The third-order valence-corrected chi connectivity index (χ3v) is 4.90. The Balaban J connectivity index is 1.87. The van der Waals surface area contributed by atoms with Crippen molar-refractivity contribution in [1.29, 1.82) is 0 Å². The smallest absolute Gasteiger partial charge is 0.0702 e. The Morgan fingerprint density at radius 3 is 2.81 bits per heavy atom. The third kappa shape index (κ3) is 5.51. The van der Waals surface area contributed by atoms with Crippen molar-refractivity contribution in [2.45, 2.75) is 52.1 Å². The van der Waals surface area contributed by atoms with Gasteiger partial charge in [-0.1, -0.05) is 6.92 Å². The predicted octanol–water partition coefficient (Wildman–Crippen LogP) is 2.28. The summed E-state index contributed by atoms with van der Waals surface area (Å²) in [6.07, 6.45) is 6.56. The lowest BCUT2D eigenvalue weighted by atomic mass is 9.79. The van der Waals surface area contributed by atoms with Gasteiger partial charge >= 0.3 is 0 Å². The molecule has 0 bridgehead atoms. The minimum atomic E-state index is 0.404. The molecule has 1 unspecified atom stereocenters. The van der Waals surface area contributed by atoms with E-state index in [0.29, 0.717) is 11.5 Å². The molecule has 1 atom stereocenters. The van der Waals surface area contributed by atoms with Crippen LogP contribution in [0.4, 0.5) is 0 Å². The van der Waals surface area contributed by atoms with Crippen molar-refractivity contribution >= 4 is 0 Å². The molecule has 2 heterocycles. The standard InChI is InChI=1S/C17H34N2O2/c1-3-9-18-14-17(7-11-20-12-8-17)15-19-10-5-6-16(13-19)21-4-2/h16,18H,3-15H2,1-2H3. The molecule has 2 aliphatic rings. The lowest BCUT2D eigenvalue weighted by molar-refractivity contribution is -0.0349. The van der Waals surface area contributed by atoms with Crippen LogP contribution >= 0.6 is 0 Å². The van der Waals surface area contributed by atoms with Gasteiger partial charge in [-0.15, -0.1) is 0 Å². The maximum absolute atomic E-state index is 5.85. The first-order chi connectivity index (χ1) is 10.3. The topological polar surface area (TPSA) is 33.7 Å². The summed E-state index contributed by atoms with van der Waals surface area (Å²) in [4.78, 5) is 2.64. The zero-order valence-electron chi connectivity index (χ0n) is 14.0. The van der Waals surface area contributed by atoms with Gasteiger partial charge in [0.15, 0.2) is 0 Å². The maximum atomic E-state index is 5.85. The van der Waals surface area contributed by atoms with Crippen molar-refractivity contribution in [2.75, 3.05) is 52.5 Å². The maximum Gasteiger partial charge on any atom is 0.0702 e. The van der Waals surface area contributed by atoms with Gasteiger partial charge in [-0.05, 0) is 57.5 Å². The average molecular weight is 298 g/mol. The van der Waals surface area contributed by atoms with E-state index in [2.05, 4.69) is 24.1 Å². The number of nitrogens with zero attached hydrogens (tertiary/aromatic N) is 1. The summed E-state index contributed by atoms with van der Waals surface area (Å²) in [5.41, 5.74) is 0.404. The van der Waals surface area contributed by atoms with Crippen LogP contribution in [-0.2, 0) is 9.47 Å². The molecular weight excluding hydrogens is 264 g/mol. The van der Waals surface area contributed by atoms with Gasteiger partial charge in [-0.25, -0.2) is 0 Å².